The van der Waals surface area contributed by atoms with Crippen molar-refractivity contribution >= 4 is 36.4 Å². The van der Waals surface area contributed by atoms with E-state index in [1.165, 1.54) is 5.56 Å². The van der Waals surface area contributed by atoms with E-state index in [0.717, 1.165) is 36.8 Å². The second-order valence-electron chi connectivity index (χ2n) is 5.67. The van der Waals surface area contributed by atoms with Crippen molar-refractivity contribution in [1.29, 1.82) is 0 Å². The molecule has 2 N–H and O–H groups in total. The monoisotopic (exact) mass is 373 g/mol. The average molecular weight is 375 g/mol. The maximum Gasteiger partial charge on any atom is 0.0634 e. The molecule has 1 aromatic heterocycles. The van der Waals surface area contributed by atoms with Crippen molar-refractivity contribution in [2.75, 3.05) is 19.6 Å². The normalized spacial score (nSPS) is 20.6. The highest BCUT2D eigenvalue weighted by Crippen LogP contribution is 2.33. The first-order chi connectivity index (χ1) is 10.3. The molecule has 23 heavy (non-hydrogen) atoms. The van der Waals surface area contributed by atoms with Crippen LogP contribution in [0, 0.1) is 5.92 Å². The number of halogens is 3. The molecule has 3 rings (SSSR count). The quantitative estimate of drug-likeness (QED) is 0.886. The lowest BCUT2D eigenvalue weighted by atomic mass is 9.89. The van der Waals surface area contributed by atoms with Gasteiger partial charge < -0.3 is 5.73 Å². The number of rotatable bonds is 4. The van der Waals surface area contributed by atoms with Gasteiger partial charge in [0.05, 0.1) is 5.02 Å². The van der Waals surface area contributed by atoms with Gasteiger partial charge in [0.1, 0.15) is 0 Å². The minimum absolute atomic E-state index is 0. The summed E-state index contributed by atoms with van der Waals surface area (Å²) in [4.78, 5) is 6.48. The van der Waals surface area contributed by atoms with Crippen LogP contribution in [-0.2, 0) is 6.54 Å². The number of benzene rings is 1. The fourth-order valence-electron chi connectivity index (χ4n) is 3.18. The van der Waals surface area contributed by atoms with Gasteiger partial charge in [0.15, 0.2) is 0 Å². The second kappa shape index (κ2) is 9.45. The molecule has 0 amide bonds. The molecule has 0 unspecified atom stereocenters. The average Bonchev–Trinajstić information content (AvgIpc) is 2.93. The van der Waals surface area contributed by atoms with E-state index in [1.807, 2.05) is 6.07 Å². The van der Waals surface area contributed by atoms with E-state index in [4.69, 9.17) is 17.3 Å². The first-order valence-corrected chi connectivity index (χ1v) is 7.71. The van der Waals surface area contributed by atoms with E-state index in [1.54, 1.807) is 12.4 Å². The zero-order valence-electron chi connectivity index (χ0n) is 12.8. The third-order valence-corrected chi connectivity index (χ3v) is 4.64. The van der Waals surface area contributed by atoms with Crippen LogP contribution >= 0.6 is 36.4 Å². The van der Waals surface area contributed by atoms with E-state index >= 15 is 0 Å². The molecule has 1 fully saturated rings. The van der Waals surface area contributed by atoms with E-state index in [0.29, 0.717) is 11.8 Å². The highest BCUT2D eigenvalue weighted by Gasteiger charge is 2.32. The Hall–Kier alpha value is -0.840. The van der Waals surface area contributed by atoms with Crippen molar-refractivity contribution in [3.63, 3.8) is 0 Å². The Balaban J connectivity index is 0.00000132. The molecular weight excluding hydrogens is 353 g/mol. The predicted octanol–water partition coefficient (Wildman–Crippen LogP) is 3.75. The molecule has 126 valence electrons. The molecule has 1 aliphatic rings. The lowest BCUT2D eigenvalue weighted by Gasteiger charge is -2.17. The number of pyridine rings is 1. The highest BCUT2D eigenvalue weighted by molar-refractivity contribution is 6.31. The van der Waals surface area contributed by atoms with Crippen LogP contribution in [-0.4, -0.2) is 29.5 Å². The number of nitrogens with zero attached hydrogens (tertiary/aromatic N) is 2. The number of nitrogens with two attached hydrogens (primary N) is 1. The molecule has 0 saturated carbocycles. The van der Waals surface area contributed by atoms with Crippen LogP contribution in [0.25, 0.3) is 0 Å². The first-order valence-electron chi connectivity index (χ1n) is 7.33. The third-order valence-electron chi connectivity index (χ3n) is 4.30. The summed E-state index contributed by atoms with van der Waals surface area (Å²) in [6, 6.07) is 12.7. The molecule has 0 radical (unpaired) electrons. The van der Waals surface area contributed by atoms with Crippen molar-refractivity contribution in [1.82, 2.24) is 9.88 Å². The predicted molar refractivity (Wildman–Crippen MR) is 101 cm³/mol. The molecule has 2 aromatic rings. The molecule has 0 aliphatic carbocycles. The van der Waals surface area contributed by atoms with Crippen molar-refractivity contribution in [3.8, 4) is 0 Å². The number of likely N-dealkylation sites (tertiary alicyclic amines) is 1. The van der Waals surface area contributed by atoms with E-state index in [2.05, 4.69) is 40.2 Å². The van der Waals surface area contributed by atoms with Gasteiger partial charge in [-0.25, -0.2) is 0 Å². The van der Waals surface area contributed by atoms with Gasteiger partial charge in [-0.15, -0.1) is 24.8 Å². The minimum atomic E-state index is 0. The van der Waals surface area contributed by atoms with Gasteiger partial charge in [0, 0.05) is 37.9 Å². The molecule has 2 heterocycles. The molecular formula is C17H22Cl3N3. The van der Waals surface area contributed by atoms with Crippen molar-refractivity contribution in [2.45, 2.75) is 12.5 Å². The molecule has 1 saturated heterocycles. The van der Waals surface area contributed by atoms with Gasteiger partial charge in [0.25, 0.3) is 0 Å². The van der Waals surface area contributed by atoms with Gasteiger partial charge in [-0.3, -0.25) is 9.88 Å². The summed E-state index contributed by atoms with van der Waals surface area (Å²) in [6.07, 6.45) is 3.51. The number of aromatic nitrogens is 1. The third kappa shape index (κ3) is 4.82. The molecule has 3 nitrogen and oxygen atoms in total. The first kappa shape index (κ1) is 20.2. The van der Waals surface area contributed by atoms with Crippen LogP contribution in [0.1, 0.15) is 17.0 Å². The topological polar surface area (TPSA) is 42.1 Å². The van der Waals surface area contributed by atoms with E-state index in [9.17, 15) is 0 Å². The van der Waals surface area contributed by atoms with Gasteiger partial charge in [0.2, 0.25) is 0 Å². The number of hydrogen-bond donors (Lipinski definition) is 1. The summed E-state index contributed by atoms with van der Waals surface area (Å²) in [5.41, 5.74) is 8.51. The Morgan fingerprint density at radius 2 is 1.87 bits per heavy atom. The molecule has 1 aromatic carbocycles. The van der Waals surface area contributed by atoms with Crippen LogP contribution in [0.3, 0.4) is 0 Å². The lowest BCUT2D eigenvalue weighted by molar-refractivity contribution is 0.317. The molecule has 2 atom stereocenters. The molecule has 1 aliphatic heterocycles. The number of hydrogen-bond acceptors (Lipinski definition) is 3. The highest BCUT2D eigenvalue weighted by atomic mass is 35.5. The summed E-state index contributed by atoms with van der Waals surface area (Å²) in [6.45, 7) is 3.64. The summed E-state index contributed by atoms with van der Waals surface area (Å²) in [7, 11) is 0. The maximum atomic E-state index is 6.21. The fourth-order valence-corrected chi connectivity index (χ4v) is 3.36. The SMILES string of the molecule is Cl.Cl.NC[C@@H]1CN(Cc2ccncc2Cl)C[C@H]1c1ccccc1. The van der Waals surface area contributed by atoms with Gasteiger partial charge in [-0.05, 0) is 29.7 Å². The van der Waals surface area contributed by atoms with Gasteiger partial charge in [-0.2, -0.15) is 0 Å². The molecule has 0 spiro atoms. The summed E-state index contributed by atoms with van der Waals surface area (Å²) >= 11 is 6.21. The van der Waals surface area contributed by atoms with Gasteiger partial charge >= 0.3 is 0 Å². The van der Waals surface area contributed by atoms with E-state index < -0.39 is 0 Å². The van der Waals surface area contributed by atoms with Crippen LogP contribution in [0.4, 0.5) is 0 Å². The van der Waals surface area contributed by atoms with Crippen LogP contribution in [0.2, 0.25) is 5.02 Å². The zero-order valence-corrected chi connectivity index (χ0v) is 15.2. The lowest BCUT2D eigenvalue weighted by Crippen LogP contribution is -2.23. The summed E-state index contributed by atoms with van der Waals surface area (Å²) in [5.74, 6) is 1.02. The maximum absolute atomic E-state index is 6.21. The van der Waals surface area contributed by atoms with Crippen LogP contribution < -0.4 is 5.73 Å². The summed E-state index contributed by atoms with van der Waals surface area (Å²) in [5, 5.41) is 0.741. The van der Waals surface area contributed by atoms with Crippen LogP contribution in [0.15, 0.2) is 48.8 Å². The minimum Gasteiger partial charge on any atom is -0.330 e. The second-order valence-corrected chi connectivity index (χ2v) is 6.08. The fraction of sp³-hybridized carbons (Fsp3) is 0.353. The van der Waals surface area contributed by atoms with Crippen molar-refractivity contribution in [3.05, 3.63) is 64.9 Å². The Morgan fingerprint density at radius 1 is 1.13 bits per heavy atom. The van der Waals surface area contributed by atoms with Gasteiger partial charge in [-0.1, -0.05) is 41.9 Å². The Bertz CT molecular complexity index is 595. The van der Waals surface area contributed by atoms with Crippen molar-refractivity contribution < 1.29 is 0 Å². The Kier molecular flexibility index (Phi) is 8.31. The van der Waals surface area contributed by atoms with E-state index in [-0.39, 0.29) is 24.8 Å². The molecule has 6 heteroatoms. The van der Waals surface area contributed by atoms with Crippen molar-refractivity contribution in [2.24, 2.45) is 11.7 Å². The zero-order chi connectivity index (χ0) is 14.7. The van der Waals surface area contributed by atoms with Crippen LogP contribution in [0.5, 0.6) is 0 Å². The Labute approximate surface area is 155 Å². The Morgan fingerprint density at radius 3 is 2.52 bits per heavy atom. The summed E-state index contributed by atoms with van der Waals surface area (Å²) < 4.78 is 0. The smallest absolute Gasteiger partial charge is 0.0634 e. The molecule has 0 bridgehead atoms. The standard InChI is InChI=1S/C17H20ClN3.2ClH/c18-17-9-20-7-6-14(17)10-21-11-15(8-19)16(12-21)13-4-2-1-3-5-13;;/h1-7,9,15-16H,8,10-12,19H2;2*1H/t15-,16+;;/m1../s1. The largest absolute Gasteiger partial charge is 0.330 e.